The van der Waals surface area contributed by atoms with E-state index in [-0.39, 0.29) is 11.2 Å². The van der Waals surface area contributed by atoms with E-state index in [1.807, 2.05) is 6.20 Å². The predicted octanol–water partition coefficient (Wildman–Crippen LogP) is 2.79. The quantitative estimate of drug-likeness (QED) is 0.811. The number of hydrogen-bond acceptors (Lipinski definition) is 3. The summed E-state index contributed by atoms with van der Waals surface area (Å²) in [5.41, 5.74) is 2.91. The van der Waals surface area contributed by atoms with Crippen LogP contribution in [0.25, 0.3) is 0 Å². The Hall–Kier alpha value is -1.90. The molecule has 110 valence electrons. The average Bonchev–Trinajstić information content (AvgIpc) is 2.97. The van der Waals surface area contributed by atoms with Crippen LogP contribution < -0.4 is 10.6 Å². The third kappa shape index (κ3) is 1.49. The van der Waals surface area contributed by atoms with Crippen LogP contribution in [0.4, 0.5) is 0 Å². The van der Waals surface area contributed by atoms with E-state index in [1.165, 1.54) is 11.3 Å². The molecule has 1 spiro atoms. The Morgan fingerprint density at radius 1 is 1.57 bits per heavy atom. The highest BCUT2D eigenvalue weighted by Crippen LogP contribution is 2.62. The van der Waals surface area contributed by atoms with Gasteiger partial charge in [-0.25, -0.2) is 0 Å². The highest BCUT2D eigenvalue weighted by atomic mass is 15.5. The summed E-state index contributed by atoms with van der Waals surface area (Å²) in [5.74, 6) is 0.512. The lowest BCUT2D eigenvalue weighted by molar-refractivity contribution is -0.0326. The fourth-order valence-electron chi connectivity index (χ4n) is 4.31. The summed E-state index contributed by atoms with van der Waals surface area (Å²) in [6, 6.07) is 0.486. The predicted molar refractivity (Wildman–Crippen MR) is 86.1 cm³/mol. The second-order valence-corrected chi connectivity index (χ2v) is 6.66. The molecule has 5 rings (SSSR count). The molecule has 0 saturated carbocycles. The van der Waals surface area contributed by atoms with Crippen molar-refractivity contribution in [3.05, 3.63) is 60.1 Å². The zero-order valence-electron chi connectivity index (χ0n) is 12.9. The van der Waals surface area contributed by atoms with Gasteiger partial charge in [-0.15, -0.1) is 0 Å². The molecule has 0 radical (unpaired) electrons. The first-order valence-corrected chi connectivity index (χ1v) is 7.84. The van der Waals surface area contributed by atoms with Gasteiger partial charge in [-0.3, -0.25) is 0 Å². The van der Waals surface area contributed by atoms with Crippen molar-refractivity contribution in [2.24, 2.45) is 5.92 Å². The Morgan fingerprint density at radius 3 is 3.00 bits per heavy atom. The first-order valence-electron chi connectivity index (χ1n) is 7.84. The summed E-state index contributed by atoms with van der Waals surface area (Å²) < 4.78 is 0. The van der Waals surface area contributed by atoms with E-state index in [1.54, 1.807) is 0 Å². The summed E-state index contributed by atoms with van der Waals surface area (Å²) >= 11 is 0. The van der Waals surface area contributed by atoms with Crippen LogP contribution in [-0.4, -0.2) is 22.1 Å². The van der Waals surface area contributed by atoms with Crippen molar-refractivity contribution in [1.29, 1.82) is 0 Å². The Labute approximate surface area is 126 Å². The molecule has 0 aromatic rings. The maximum Gasteiger partial charge on any atom is 0.140 e. The molecular weight excluding hydrogens is 258 g/mol. The molecule has 5 aliphatic rings. The van der Waals surface area contributed by atoms with Gasteiger partial charge in [0.2, 0.25) is 0 Å². The minimum atomic E-state index is -0.00948. The summed E-state index contributed by atoms with van der Waals surface area (Å²) in [6.07, 6.45) is 19.0. The zero-order valence-corrected chi connectivity index (χ0v) is 12.9. The molecule has 4 unspecified atom stereocenters. The molecule has 21 heavy (non-hydrogen) atoms. The molecule has 3 heteroatoms. The van der Waals surface area contributed by atoms with Gasteiger partial charge in [0.25, 0.3) is 0 Å². The lowest BCUT2D eigenvalue weighted by Gasteiger charge is -2.62. The lowest BCUT2D eigenvalue weighted by atomic mass is 9.75. The normalized spacial score (nSPS) is 40.0. The molecule has 1 saturated heterocycles. The number of allylic oxidation sites excluding steroid dienone is 2. The molecule has 1 fully saturated rings. The van der Waals surface area contributed by atoms with E-state index in [2.05, 4.69) is 79.0 Å². The summed E-state index contributed by atoms with van der Waals surface area (Å²) in [7, 11) is 0. The van der Waals surface area contributed by atoms with Crippen LogP contribution in [0.1, 0.15) is 27.2 Å². The molecule has 4 atom stereocenters. The first-order chi connectivity index (χ1) is 10.1. The molecule has 3 nitrogen and oxygen atoms in total. The van der Waals surface area contributed by atoms with Crippen LogP contribution in [0, 0.1) is 5.92 Å². The third-order valence-corrected chi connectivity index (χ3v) is 5.28. The molecule has 3 heterocycles. The largest absolute Gasteiger partial charge is 0.384 e. The van der Waals surface area contributed by atoms with Gasteiger partial charge in [0.05, 0.1) is 11.6 Å². The van der Waals surface area contributed by atoms with Gasteiger partial charge in [0, 0.05) is 12.1 Å². The average molecular weight is 281 g/mol. The van der Waals surface area contributed by atoms with Crippen molar-refractivity contribution in [2.75, 3.05) is 0 Å². The van der Waals surface area contributed by atoms with Gasteiger partial charge in [-0.1, -0.05) is 31.2 Å². The van der Waals surface area contributed by atoms with Crippen molar-refractivity contribution in [2.45, 2.75) is 44.4 Å². The zero-order chi connectivity index (χ0) is 14.7. The molecular formula is C18H23N3. The molecule has 2 N–H and O–H groups in total. The number of nitrogens with one attached hydrogen (secondary N) is 2. The summed E-state index contributed by atoms with van der Waals surface area (Å²) in [6.45, 7) is 6.58. The van der Waals surface area contributed by atoms with Gasteiger partial charge >= 0.3 is 0 Å². The number of rotatable bonds is 5. The van der Waals surface area contributed by atoms with Crippen molar-refractivity contribution < 1.29 is 0 Å². The Bertz CT molecular complexity index is 624. The maximum absolute atomic E-state index is 3.62. The van der Waals surface area contributed by atoms with Crippen LogP contribution in [0.5, 0.6) is 0 Å². The van der Waals surface area contributed by atoms with Crippen molar-refractivity contribution in [1.82, 2.24) is 15.5 Å². The van der Waals surface area contributed by atoms with E-state index < -0.39 is 0 Å². The lowest BCUT2D eigenvalue weighted by Crippen LogP contribution is -2.73. The smallest absolute Gasteiger partial charge is 0.140 e. The topological polar surface area (TPSA) is 27.3 Å². The SMILES string of the molecule is C/C=C\NC12CC3(C=CC1=C3)N2/C(C)=C/C(C)C1C=CN1. The minimum Gasteiger partial charge on any atom is -0.384 e. The number of hydrogen-bond donors (Lipinski definition) is 2. The van der Waals surface area contributed by atoms with E-state index in [0.717, 1.165) is 6.42 Å². The monoisotopic (exact) mass is 281 g/mol. The molecule has 3 aliphatic heterocycles. The fourth-order valence-corrected chi connectivity index (χ4v) is 4.31. The van der Waals surface area contributed by atoms with Crippen molar-refractivity contribution in [3.8, 4) is 0 Å². The summed E-state index contributed by atoms with van der Waals surface area (Å²) in [4.78, 5) is 2.55. The second-order valence-electron chi connectivity index (χ2n) is 6.66. The van der Waals surface area contributed by atoms with Crippen molar-refractivity contribution >= 4 is 0 Å². The van der Waals surface area contributed by atoms with Gasteiger partial charge in [-0.05, 0) is 49.9 Å². The third-order valence-electron chi connectivity index (χ3n) is 5.28. The van der Waals surface area contributed by atoms with E-state index >= 15 is 0 Å². The van der Waals surface area contributed by atoms with E-state index in [4.69, 9.17) is 0 Å². The van der Waals surface area contributed by atoms with Gasteiger partial charge in [0.1, 0.15) is 5.66 Å². The van der Waals surface area contributed by atoms with E-state index in [0.29, 0.717) is 12.0 Å². The maximum atomic E-state index is 3.62. The molecule has 0 aromatic carbocycles. The van der Waals surface area contributed by atoms with Crippen LogP contribution in [0.3, 0.4) is 0 Å². The fraction of sp³-hybridized carbons (Fsp3) is 0.444. The molecule has 0 amide bonds. The van der Waals surface area contributed by atoms with Crippen LogP contribution in [0.2, 0.25) is 0 Å². The standard InChI is InChI=1S/C18H23N3/c1-4-8-20-18-12-17(7-5-15(18)11-17)21(18)14(3)10-13(2)16-6-9-19-16/h4-11,13,16,19-20H,12H2,1-3H3/b8-4-,14-10+. The highest BCUT2D eigenvalue weighted by Gasteiger charge is 2.68. The first kappa shape index (κ1) is 12.8. The molecule has 2 aliphatic carbocycles. The molecule has 3 bridgehead atoms. The molecule has 0 aromatic heterocycles. The van der Waals surface area contributed by atoms with E-state index in [9.17, 15) is 0 Å². The Balaban J connectivity index is 1.61. The second kappa shape index (κ2) is 4.06. The van der Waals surface area contributed by atoms with Crippen molar-refractivity contribution in [3.63, 3.8) is 0 Å². The van der Waals surface area contributed by atoms with Crippen LogP contribution in [-0.2, 0) is 0 Å². The minimum absolute atomic E-state index is 0.00948. The van der Waals surface area contributed by atoms with Crippen LogP contribution >= 0.6 is 0 Å². The summed E-state index contributed by atoms with van der Waals surface area (Å²) in [5, 5.41) is 6.96. The van der Waals surface area contributed by atoms with Crippen LogP contribution in [0.15, 0.2) is 60.1 Å². The van der Waals surface area contributed by atoms with Gasteiger partial charge < -0.3 is 15.5 Å². The Morgan fingerprint density at radius 2 is 2.38 bits per heavy atom. The highest BCUT2D eigenvalue weighted by molar-refractivity contribution is 5.61. The number of nitrogens with zero attached hydrogens (tertiary/aromatic N) is 1. The van der Waals surface area contributed by atoms with Gasteiger partial charge in [0.15, 0.2) is 0 Å². The Kier molecular flexibility index (Phi) is 2.48. The van der Waals surface area contributed by atoms with Gasteiger partial charge in [-0.2, -0.15) is 0 Å².